The van der Waals surface area contributed by atoms with Crippen LogP contribution in [0.15, 0.2) is 102 Å². The molecule has 1 N–H and O–H groups in total. The van der Waals surface area contributed by atoms with Gasteiger partial charge in [-0.05, 0) is 34.7 Å². The quantitative estimate of drug-likeness (QED) is 0.293. The van der Waals surface area contributed by atoms with E-state index < -0.39 is 0 Å². The molecule has 0 unspecified atom stereocenters. The zero-order valence-corrected chi connectivity index (χ0v) is 20.9. The number of aromatic nitrogens is 2. The minimum Gasteiger partial charge on any atom is -0.364 e. The van der Waals surface area contributed by atoms with Gasteiger partial charge < -0.3 is 10.2 Å². The molecule has 5 nitrogen and oxygen atoms in total. The molecule has 0 bridgehead atoms. The summed E-state index contributed by atoms with van der Waals surface area (Å²) < 4.78 is 0. The fraction of sp³-hybridized carbons (Fsp3) is 0.200. The number of hydrogen-bond acceptors (Lipinski definition) is 6. The highest BCUT2D eigenvalue weighted by molar-refractivity contribution is 7.09. The van der Waals surface area contributed by atoms with Crippen molar-refractivity contribution in [2.24, 2.45) is 0 Å². The minimum atomic E-state index is 0.245. The Morgan fingerprint density at radius 3 is 2.06 bits per heavy atom. The van der Waals surface area contributed by atoms with E-state index in [1.807, 2.05) is 12.1 Å². The number of benzene rings is 3. The van der Waals surface area contributed by atoms with Crippen LogP contribution in [-0.4, -0.2) is 41.0 Å². The van der Waals surface area contributed by atoms with Gasteiger partial charge in [-0.15, -0.1) is 11.3 Å². The summed E-state index contributed by atoms with van der Waals surface area (Å²) in [7, 11) is 0. The maximum Gasteiger partial charge on any atom is 0.227 e. The monoisotopic (exact) mass is 491 g/mol. The van der Waals surface area contributed by atoms with E-state index in [-0.39, 0.29) is 6.04 Å². The molecule has 1 aliphatic heterocycles. The number of hydrogen-bond donors (Lipinski definition) is 1. The summed E-state index contributed by atoms with van der Waals surface area (Å²) in [5.74, 6) is 1.70. The summed E-state index contributed by atoms with van der Waals surface area (Å²) in [6.45, 7) is 4.44. The first-order valence-corrected chi connectivity index (χ1v) is 13.3. The van der Waals surface area contributed by atoms with Crippen molar-refractivity contribution in [1.29, 1.82) is 0 Å². The van der Waals surface area contributed by atoms with Crippen LogP contribution < -0.4 is 10.2 Å². The first-order chi connectivity index (χ1) is 17.8. The first kappa shape index (κ1) is 22.7. The molecule has 2 aromatic heterocycles. The lowest BCUT2D eigenvalue weighted by molar-refractivity contribution is 0.211. The largest absolute Gasteiger partial charge is 0.364 e. The second-order valence-electron chi connectivity index (χ2n) is 9.07. The zero-order valence-electron chi connectivity index (χ0n) is 20.1. The number of anilines is 2. The van der Waals surface area contributed by atoms with Crippen molar-refractivity contribution < 1.29 is 0 Å². The molecule has 0 aliphatic carbocycles. The van der Waals surface area contributed by atoms with Crippen LogP contribution in [0.5, 0.6) is 0 Å². The molecule has 0 radical (unpaired) electrons. The lowest BCUT2D eigenvalue weighted by Crippen LogP contribution is -2.48. The Morgan fingerprint density at radius 2 is 1.39 bits per heavy atom. The average molecular weight is 492 g/mol. The Labute approximate surface area is 216 Å². The Morgan fingerprint density at radius 1 is 0.722 bits per heavy atom. The average Bonchev–Trinajstić information content (AvgIpc) is 3.47. The molecule has 0 amide bonds. The molecule has 1 fully saturated rings. The standard InChI is InChI=1S/C30H29N5S/c1-3-10-23(11-4-1)28(24-12-5-2-6-13-24)34-17-19-35(20-18-34)30-32-27-16-8-7-15-26(27)29(33-30)31-22-25-14-9-21-36-25/h1-16,21,28H,17-20,22H2,(H,31,32,33). The lowest BCUT2D eigenvalue weighted by Gasteiger charge is -2.40. The molecule has 1 aliphatic rings. The van der Waals surface area contributed by atoms with Crippen LogP contribution in [0.4, 0.5) is 11.8 Å². The molecule has 6 heteroatoms. The van der Waals surface area contributed by atoms with Gasteiger partial charge in [0.05, 0.1) is 18.1 Å². The highest BCUT2D eigenvalue weighted by atomic mass is 32.1. The summed E-state index contributed by atoms with van der Waals surface area (Å²) in [5.41, 5.74) is 3.64. The van der Waals surface area contributed by atoms with E-state index in [1.54, 1.807) is 11.3 Å². The van der Waals surface area contributed by atoms with Crippen LogP contribution in [0.3, 0.4) is 0 Å². The van der Waals surface area contributed by atoms with Gasteiger partial charge in [0.1, 0.15) is 5.82 Å². The van der Waals surface area contributed by atoms with E-state index in [9.17, 15) is 0 Å². The second-order valence-corrected chi connectivity index (χ2v) is 10.1. The molecule has 3 heterocycles. The minimum absolute atomic E-state index is 0.245. The van der Waals surface area contributed by atoms with Gasteiger partial charge >= 0.3 is 0 Å². The SMILES string of the molecule is c1ccc(C(c2ccccc2)N2CCN(c3nc(NCc4cccs4)c4ccccc4n3)CC2)cc1. The zero-order chi connectivity index (χ0) is 24.2. The van der Waals surface area contributed by atoms with Gasteiger partial charge in [-0.1, -0.05) is 78.9 Å². The molecule has 5 aromatic rings. The third-order valence-electron chi connectivity index (χ3n) is 6.79. The highest BCUT2D eigenvalue weighted by Crippen LogP contribution is 2.31. The van der Waals surface area contributed by atoms with Crippen LogP contribution in [0.2, 0.25) is 0 Å². The van der Waals surface area contributed by atoms with Gasteiger partial charge in [0, 0.05) is 36.4 Å². The summed E-state index contributed by atoms with van der Waals surface area (Å²) in [6.07, 6.45) is 0. The number of thiophene rings is 1. The lowest BCUT2D eigenvalue weighted by atomic mass is 9.96. The summed E-state index contributed by atoms with van der Waals surface area (Å²) in [4.78, 5) is 16.1. The smallest absolute Gasteiger partial charge is 0.227 e. The van der Waals surface area contributed by atoms with Crippen molar-refractivity contribution in [2.45, 2.75) is 12.6 Å². The van der Waals surface area contributed by atoms with Gasteiger partial charge in [0.2, 0.25) is 5.95 Å². The molecule has 36 heavy (non-hydrogen) atoms. The highest BCUT2D eigenvalue weighted by Gasteiger charge is 2.27. The fourth-order valence-corrected chi connectivity index (χ4v) is 5.63. The van der Waals surface area contributed by atoms with E-state index in [0.29, 0.717) is 0 Å². The number of fused-ring (bicyclic) bond motifs is 1. The number of rotatable bonds is 7. The normalized spacial score (nSPS) is 14.4. The molecule has 0 saturated carbocycles. The van der Waals surface area contributed by atoms with Crippen molar-refractivity contribution in [1.82, 2.24) is 14.9 Å². The molecule has 180 valence electrons. The summed E-state index contributed by atoms with van der Waals surface area (Å²) in [6, 6.07) is 34.4. The van der Waals surface area contributed by atoms with Crippen molar-refractivity contribution in [3.05, 3.63) is 118 Å². The van der Waals surface area contributed by atoms with Crippen molar-refractivity contribution in [3.63, 3.8) is 0 Å². The predicted molar refractivity (Wildman–Crippen MR) is 150 cm³/mol. The van der Waals surface area contributed by atoms with Gasteiger partial charge in [-0.3, -0.25) is 4.90 Å². The van der Waals surface area contributed by atoms with Gasteiger partial charge in [-0.2, -0.15) is 4.98 Å². The molecular weight excluding hydrogens is 462 g/mol. The van der Waals surface area contributed by atoms with Crippen molar-refractivity contribution >= 4 is 34.0 Å². The van der Waals surface area contributed by atoms with Crippen LogP contribution in [0.1, 0.15) is 22.0 Å². The predicted octanol–water partition coefficient (Wildman–Crippen LogP) is 6.22. The molecule has 0 spiro atoms. The van der Waals surface area contributed by atoms with Gasteiger partial charge in [-0.25, -0.2) is 4.98 Å². The van der Waals surface area contributed by atoms with Gasteiger partial charge in [0.15, 0.2) is 0 Å². The van der Waals surface area contributed by atoms with Crippen LogP contribution in [0, 0.1) is 0 Å². The van der Waals surface area contributed by atoms with E-state index in [4.69, 9.17) is 9.97 Å². The van der Waals surface area contributed by atoms with E-state index in [1.165, 1.54) is 16.0 Å². The Kier molecular flexibility index (Phi) is 6.61. The number of piperazine rings is 1. The fourth-order valence-electron chi connectivity index (χ4n) is 4.99. The number of nitrogens with zero attached hydrogens (tertiary/aromatic N) is 4. The Bertz CT molecular complexity index is 1360. The Balaban J connectivity index is 1.24. The maximum absolute atomic E-state index is 5.00. The summed E-state index contributed by atoms with van der Waals surface area (Å²) >= 11 is 1.76. The van der Waals surface area contributed by atoms with E-state index in [0.717, 1.165) is 55.4 Å². The van der Waals surface area contributed by atoms with E-state index in [2.05, 4.69) is 105 Å². The Hall–Kier alpha value is -3.74. The molecule has 6 rings (SSSR count). The second kappa shape index (κ2) is 10.5. The first-order valence-electron chi connectivity index (χ1n) is 12.5. The number of para-hydroxylation sites is 1. The molecule has 0 atom stereocenters. The maximum atomic E-state index is 5.00. The topological polar surface area (TPSA) is 44.3 Å². The van der Waals surface area contributed by atoms with Crippen LogP contribution in [0.25, 0.3) is 10.9 Å². The van der Waals surface area contributed by atoms with E-state index >= 15 is 0 Å². The van der Waals surface area contributed by atoms with Crippen molar-refractivity contribution in [3.8, 4) is 0 Å². The van der Waals surface area contributed by atoms with Gasteiger partial charge in [0.25, 0.3) is 0 Å². The van der Waals surface area contributed by atoms with Crippen LogP contribution in [-0.2, 0) is 6.54 Å². The molecule has 1 saturated heterocycles. The molecule has 3 aromatic carbocycles. The van der Waals surface area contributed by atoms with Crippen molar-refractivity contribution in [2.75, 3.05) is 36.4 Å². The third-order valence-corrected chi connectivity index (χ3v) is 7.67. The number of nitrogens with one attached hydrogen (secondary N) is 1. The molecular formula is C30H29N5S. The summed E-state index contributed by atoms with van der Waals surface area (Å²) in [5, 5.41) is 6.73. The van der Waals surface area contributed by atoms with Crippen LogP contribution >= 0.6 is 11.3 Å². The third kappa shape index (κ3) is 4.83.